The monoisotopic (exact) mass is 464 g/mol. The Balaban J connectivity index is 1.40. The molecule has 2 aliphatic rings. The normalized spacial score (nSPS) is 21.9. The Morgan fingerprint density at radius 3 is 2.29 bits per heavy atom. The van der Waals surface area contributed by atoms with E-state index in [2.05, 4.69) is 34.9 Å². The summed E-state index contributed by atoms with van der Waals surface area (Å²) in [6.07, 6.45) is 2.43. The van der Waals surface area contributed by atoms with Crippen molar-refractivity contribution in [2.45, 2.75) is 64.0 Å². The maximum Gasteiger partial charge on any atom is 0.407 e. The summed E-state index contributed by atoms with van der Waals surface area (Å²) in [5, 5.41) is 15.0. The van der Waals surface area contributed by atoms with Crippen LogP contribution >= 0.6 is 0 Å². The number of aliphatic carboxylic acids is 1. The summed E-state index contributed by atoms with van der Waals surface area (Å²) in [6, 6.07) is 14.9. The van der Waals surface area contributed by atoms with E-state index in [1.54, 1.807) is 6.92 Å². The molecule has 0 bridgehead atoms. The third kappa shape index (κ3) is 4.52. The Bertz CT molecular complexity index is 1040. The first-order valence-corrected chi connectivity index (χ1v) is 12.0. The SMILES string of the molecule is CCC[C@H](NC(=O)C1(C)CCCC1NC(=O)OCC1c2ccccc2-c2ccccc21)C(=O)O. The molecule has 3 N–H and O–H groups in total. The van der Waals surface area contributed by atoms with Gasteiger partial charge in [0.1, 0.15) is 12.6 Å². The molecule has 2 amide bonds. The van der Waals surface area contributed by atoms with Gasteiger partial charge in [0.15, 0.2) is 0 Å². The van der Waals surface area contributed by atoms with Crippen LogP contribution in [-0.4, -0.2) is 41.8 Å². The quantitative estimate of drug-likeness (QED) is 0.535. The van der Waals surface area contributed by atoms with Crippen LogP contribution in [-0.2, 0) is 14.3 Å². The van der Waals surface area contributed by atoms with E-state index in [4.69, 9.17) is 4.74 Å². The zero-order valence-electron chi connectivity index (χ0n) is 19.7. The molecule has 3 atom stereocenters. The van der Waals surface area contributed by atoms with Gasteiger partial charge in [0.2, 0.25) is 5.91 Å². The molecule has 0 radical (unpaired) electrons. The molecule has 1 fully saturated rings. The van der Waals surface area contributed by atoms with Gasteiger partial charge in [0.25, 0.3) is 0 Å². The number of hydrogen-bond donors (Lipinski definition) is 3. The number of carbonyl (C=O) groups excluding carboxylic acids is 2. The minimum Gasteiger partial charge on any atom is -0.480 e. The zero-order valence-corrected chi connectivity index (χ0v) is 19.7. The van der Waals surface area contributed by atoms with Crippen LogP contribution in [0.4, 0.5) is 4.79 Å². The van der Waals surface area contributed by atoms with Crippen LogP contribution in [0.1, 0.15) is 63.0 Å². The third-order valence-electron chi connectivity index (χ3n) is 7.29. The van der Waals surface area contributed by atoms with Crippen LogP contribution < -0.4 is 10.6 Å². The number of nitrogens with one attached hydrogen (secondary N) is 2. The number of rotatable bonds is 8. The number of fused-ring (bicyclic) bond motifs is 3. The fourth-order valence-corrected chi connectivity index (χ4v) is 5.32. The van der Waals surface area contributed by atoms with Crippen molar-refractivity contribution in [3.05, 3.63) is 59.7 Å². The molecule has 2 aromatic carbocycles. The number of ether oxygens (including phenoxy) is 1. The van der Waals surface area contributed by atoms with Gasteiger partial charge < -0.3 is 20.5 Å². The lowest BCUT2D eigenvalue weighted by molar-refractivity contribution is -0.144. The van der Waals surface area contributed by atoms with Gasteiger partial charge in [0, 0.05) is 12.0 Å². The summed E-state index contributed by atoms with van der Waals surface area (Å²) in [5.41, 5.74) is 3.71. The van der Waals surface area contributed by atoms with Crippen molar-refractivity contribution in [1.82, 2.24) is 10.6 Å². The largest absolute Gasteiger partial charge is 0.480 e. The Morgan fingerprint density at radius 2 is 1.71 bits per heavy atom. The summed E-state index contributed by atoms with van der Waals surface area (Å²) in [4.78, 5) is 37.3. The van der Waals surface area contributed by atoms with Gasteiger partial charge in [-0.05, 0) is 48.4 Å². The predicted octanol–water partition coefficient (Wildman–Crippen LogP) is 4.45. The van der Waals surface area contributed by atoms with Crippen LogP contribution in [0.5, 0.6) is 0 Å². The van der Waals surface area contributed by atoms with Crippen LogP contribution in [0, 0.1) is 5.41 Å². The molecule has 7 nitrogen and oxygen atoms in total. The first-order chi connectivity index (χ1) is 16.3. The van der Waals surface area contributed by atoms with E-state index in [1.165, 1.54) is 0 Å². The van der Waals surface area contributed by atoms with Gasteiger partial charge >= 0.3 is 12.1 Å². The molecule has 1 saturated carbocycles. The predicted molar refractivity (Wildman–Crippen MR) is 128 cm³/mol. The van der Waals surface area contributed by atoms with Crippen LogP contribution in [0.3, 0.4) is 0 Å². The lowest BCUT2D eigenvalue weighted by Crippen LogP contribution is -2.54. The van der Waals surface area contributed by atoms with E-state index in [0.717, 1.165) is 28.7 Å². The van der Waals surface area contributed by atoms with Crippen molar-refractivity contribution in [3.8, 4) is 11.1 Å². The number of carboxylic acid groups (broad SMARTS) is 1. The summed E-state index contributed by atoms with van der Waals surface area (Å²) in [5.74, 6) is -1.42. The van der Waals surface area contributed by atoms with Crippen molar-refractivity contribution in [1.29, 1.82) is 0 Å². The molecule has 0 heterocycles. The highest BCUT2D eigenvalue weighted by atomic mass is 16.5. The molecule has 2 aliphatic carbocycles. The summed E-state index contributed by atoms with van der Waals surface area (Å²) < 4.78 is 5.66. The molecule has 4 rings (SSSR count). The topological polar surface area (TPSA) is 105 Å². The van der Waals surface area contributed by atoms with Crippen LogP contribution in [0.2, 0.25) is 0 Å². The van der Waals surface area contributed by atoms with Gasteiger partial charge in [-0.3, -0.25) is 4.79 Å². The molecule has 0 spiro atoms. The van der Waals surface area contributed by atoms with E-state index in [0.29, 0.717) is 25.7 Å². The molecule has 0 aliphatic heterocycles. The van der Waals surface area contributed by atoms with Gasteiger partial charge in [-0.15, -0.1) is 0 Å². The number of carbonyl (C=O) groups is 3. The second-order valence-corrected chi connectivity index (χ2v) is 9.49. The lowest BCUT2D eigenvalue weighted by Gasteiger charge is -2.32. The number of alkyl carbamates (subject to hydrolysis) is 1. The number of carboxylic acids is 1. The lowest BCUT2D eigenvalue weighted by atomic mass is 9.83. The molecule has 2 unspecified atom stereocenters. The second-order valence-electron chi connectivity index (χ2n) is 9.49. The molecule has 0 saturated heterocycles. The van der Waals surface area contributed by atoms with Gasteiger partial charge in [0.05, 0.1) is 5.41 Å². The first kappa shape index (κ1) is 23.8. The second kappa shape index (κ2) is 9.87. The zero-order chi connectivity index (χ0) is 24.3. The highest BCUT2D eigenvalue weighted by Gasteiger charge is 2.47. The highest BCUT2D eigenvalue weighted by molar-refractivity contribution is 5.88. The molecule has 34 heavy (non-hydrogen) atoms. The third-order valence-corrected chi connectivity index (χ3v) is 7.29. The smallest absolute Gasteiger partial charge is 0.407 e. The van der Waals surface area contributed by atoms with Crippen molar-refractivity contribution in [2.24, 2.45) is 5.41 Å². The number of amides is 2. The van der Waals surface area contributed by atoms with Crippen molar-refractivity contribution < 1.29 is 24.2 Å². The summed E-state index contributed by atoms with van der Waals surface area (Å²) >= 11 is 0. The number of benzene rings is 2. The maximum absolute atomic E-state index is 13.0. The number of hydrogen-bond acceptors (Lipinski definition) is 4. The summed E-state index contributed by atoms with van der Waals surface area (Å²) in [6.45, 7) is 3.86. The Labute approximate surface area is 199 Å². The molecule has 2 aromatic rings. The van der Waals surface area contributed by atoms with E-state index < -0.39 is 29.6 Å². The van der Waals surface area contributed by atoms with Crippen molar-refractivity contribution >= 4 is 18.0 Å². The molecular weight excluding hydrogens is 432 g/mol. The van der Waals surface area contributed by atoms with Crippen LogP contribution in [0.15, 0.2) is 48.5 Å². The fraction of sp³-hybridized carbons (Fsp3) is 0.444. The van der Waals surface area contributed by atoms with E-state index >= 15 is 0 Å². The molecule has 7 heteroatoms. The van der Waals surface area contributed by atoms with E-state index in [-0.39, 0.29) is 18.4 Å². The standard InChI is InChI=1S/C27H32N2O5/c1-3-9-22(24(30)31)28-25(32)27(2)15-8-14-23(27)29-26(33)34-16-21-19-12-6-4-10-17(19)18-11-5-7-13-20(18)21/h4-7,10-13,21-23H,3,8-9,14-16H2,1-2H3,(H,28,32)(H,29,33)(H,30,31)/t22-,23?,27?/m0/s1. The van der Waals surface area contributed by atoms with Gasteiger partial charge in [-0.1, -0.05) is 68.3 Å². The van der Waals surface area contributed by atoms with E-state index in [9.17, 15) is 19.5 Å². The van der Waals surface area contributed by atoms with Gasteiger partial charge in [-0.2, -0.15) is 0 Å². The maximum atomic E-state index is 13.0. The fourth-order valence-electron chi connectivity index (χ4n) is 5.32. The molecular formula is C27H32N2O5. The van der Waals surface area contributed by atoms with E-state index in [1.807, 2.05) is 31.2 Å². The minimum atomic E-state index is -1.04. The summed E-state index contributed by atoms with van der Waals surface area (Å²) in [7, 11) is 0. The highest BCUT2D eigenvalue weighted by Crippen LogP contribution is 2.44. The molecule has 0 aromatic heterocycles. The van der Waals surface area contributed by atoms with Crippen molar-refractivity contribution in [2.75, 3.05) is 6.61 Å². The van der Waals surface area contributed by atoms with Crippen molar-refractivity contribution in [3.63, 3.8) is 0 Å². The first-order valence-electron chi connectivity index (χ1n) is 12.0. The Hall–Kier alpha value is -3.35. The minimum absolute atomic E-state index is 0.0400. The van der Waals surface area contributed by atoms with Crippen LogP contribution in [0.25, 0.3) is 11.1 Å². The average molecular weight is 465 g/mol. The Morgan fingerprint density at radius 1 is 1.09 bits per heavy atom. The average Bonchev–Trinajstić information content (AvgIpc) is 3.36. The van der Waals surface area contributed by atoms with Gasteiger partial charge in [-0.25, -0.2) is 9.59 Å². The Kier molecular flexibility index (Phi) is 6.91. The molecule has 180 valence electrons.